The first-order valence-corrected chi connectivity index (χ1v) is 10.8. The molecule has 0 saturated carbocycles. The number of nitrogens with one attached hydrogen (secondary N) is 1. The maximum Gasteiger partial charge on any atom is 0.411 e. The van der Waals surface area contributed by atoms with Crippen molar-refractivity contribution in [1.82, 2.24) is 9.78 Å². The topological polar surface area (TPSA) is 75.2 Å². The average Bonchev–Trinajstić information content (AvgIpc) is 3.12. The van der Waals surface area contributed by atoms with E-state index in [4.69, 9.17) is 0 Å². The van der Waals surface area contributed by atoms with Gasteiger partial charge in [-0.2, -0.15) is 13.2 Å². The van der Waals surface area contributed by atoms with Gasteiger partial charge < -0.3 is 0 Å². The van der Waals surface area contributed by atoms with Crippen LogP contribution in [0.25, 0.3) is 0 Å². The minimum absolute atomic E-state index is 0.0147. The highest BCUT2D eigenvalue weighted by molar-refractivity contribution is 6.20. The molecule has 1 N–H and O–H groups in total. The van der Waals surface area contributed by atoms with Crippen molar-refractivity contribution in [2.24, 2.45) is 5.41 Å². The number of amides is 1. The number of rotatable bonds is 3. The number of para-hydroxylation sites is 1. The number of carbonyl (C=O) groups excluding carboxylic acids is 2. The molecule has 2 heterocycles. The summed E-state index contributed by atoms with van der Waals surface area (Å²) in [6.45, 7) is 8.19. The molecule has 176 valence electrons. The van der Waals surface area contributed by atoms with Gasteiger partial charge in [-0.15, -0.1) is 0 Å². The molecule has 9 heteroatoms. The van der Waals surface area contributed by atoms with Crippen molar-refractivity contribution in [3.05, 3.63) is 63.2 Å². The first-order valence-electron chi connectivity index (χ1n) is 10.8. The fourth-order valence-electron chi connectivity index (χ4n) is 5.16. The molecule has 0 saturated heterocycles. The van der Waals surface area contributed by atoms with E-state index in [9.17, 15) is 14.4 Å². The van der Waals surface area contributed by atoms with Crippen LogP contribution < -0.4 is 10.5 Å². The van der Waals surface area contributed by atoms with Gasteiger partial charge in [-0.1, -0.05) is 32.0 Å². The van der Waals surface area contributed by atoms with E-state index in [1.54, 1.807) is 45.9 Å². The number of anilines is 1. The van der Waals surface area contributed by atoms with Gasteiger partial charge in [0.2, 0.25) is 5.41 Å². The SMILES string of the molecule is Cc1[nH]n(C(C)C)c(=O)c1C1(C(F)(F)F)C(=O)N(c2ccccc2)C2=C1C(=O)CC(C)(C)C2. The van der Waals surface area contributed by atoms with Crippen molar-refractivity contribution in [3.8, 4) is 0 Å². The van der Waals surface area contributed by atoms with Crippen molar-refractivity contribution < 1.29 is 22.8 Å². The number of benzene rings is 1. The number of aromatic nitrogens is 2. The highest BCUT2D eigenvalue weighted by Gasteiger charge is 2.73. The Bertz CT molecular complexity index is 1240. The Morgan fingerprint density at radius 1 is 1.03 bits per heavy atom. The normalized spacial score (nSPS) is 23.0. The second kappa shape index (κ2) is 7.20. The molecule has 4 rings (SSSR count). The van der Waals surface area contributed by atoms with E-state index in [0.717, 1.165) is 9.58 Å². The number of allylic oxidation sites excluding steroid dienone is 1. The Hall–Kier alpha value is -3.10. The van der Waals surface area contributed by atoms with E-state index in [0.29, 0.717) is 0 Å². The molecule has 1 aliphatic heterocycles. The van der Waals surface area contributed by atoms with Gasteiger partial charge in [-0.05, 0) is 44.7 Å². The first kappa shape index (κ1) is 23.1. The third kappa shape index (κ3) is 3.12. The number of nitrogens with zero attached hydrogens (tertiary/aromatic N) is 2. The molecule has 0 fully saturated rings. The summed E-state index contributed by atoms with van der Waals surface area (Å²) >= 11 is 0. The van der Waals surface area contributed by atoms with Gasteiger partial charge in [0.1, 0.15) is 0 Å². The largest absolute Gasteiger partial charge is 0.411 e. The van der Waals surface area contributed by atoms with Crippen LogP contribution in [-0.2, 0) is 15.0 Å². The van der Waals surface area contributed by atoms with E-state index in [-0.39, 0.29) is 29.9 Å². The number of carbonyl (C=O) groups is 2. The molecule has 2 aliphatic rings. The second-order valence-electron chi connectivity index (χ2n) is 9.87. The fourth-order valence-corrected chi connectivity index (χ4v) is 5.16. The number of aromatic amines is 1. The highest BCUT2D eigenvalue weighted by atomic mass is 19.4. The molecular weight excluding hydrogens is 435 g/mol. The number of H-pyrrole nitrogens is 1. The molecule has 2 aromatic rings. The molecular formula is C24H26F3N3O3. The Balaban J connectivity index is 2.15. The summed E-state index contributed by atoms with van der Waals surface area (Å²) in [4.78, 5) is 41.6. The number of hydrogen-bond acceptors (Lipinski definition) is 3. The van der Waals surface area contributed by atoms with Crippen molar-refractivity contribution >= 4 is 17.4 Å². The van der Waals surface area contributed by atoms with Crippen molar-refractivity contribution in [1.29, 1.82) is 0 Å². The van der Waals surface area contributed by atoms with Crippen LogP contribution >= 0.6 is 0 Å². The predicted molar refractivity (Wildman–Crippen MR) is 117 cm³/mol. The Morgan fingerprint density at radius 2 is 1.64 bits per heavy atom. The van der Waals surface area contributed by atoms with Crippen molar-refractivity contribution in [2.75, 3.05) is 4.90 Å². The lowest BCUT2D eigenvalue weighted by Crippen LogP contribution is -2.55. The molecule has 0 radical (unpaired) electrons. The van der Waals surface area contributed by atoms with Crippen LogP contribution in [0.15, 0.2) is 46.4 Å². The predicted octanol–water partition coefficient (Wildman–Crippen LogP) is 4.56. The third-order valence-electron chi connectivity index (χ3n) is 6.45. The summed E-state index contributed by atoms with van der Waals surface area (Å²) in [5.41, 5.74) is -6.16. The lowest BCUT2D eigenvalue weighted by molar-refractivity contribution is -0.184. The monoisotopic (exact) mass is 461 g/mol. The van der Waals surface area contributed by atoms with Gasteiger partial charge in [0, 0.05) is 35.1 Å². The Morgan fingerprint density at radius 3 is 2.15 bits per heavy atom. The number of alkyl halides is 3. The zero-order valence-electron chi connectivity index (χ0n) is 19.1. The Kier molecular flexibility index (Phi) is 5.03. The van der Waals surface area contributed by atoms with E-state index in [2.05, 4.69) is 5.10 Å². The molecule has 1 unspecified atom stereocenters. The summed E-state index contributed by atoms with van der Waals surface area (Å²) < 4.78 is 46.5. The molecule has 1 aromatic heterocycles. The maximum absolute atomic E-state index is 15.2. The van der Waals surface area contributed by atoms with E-state index < -0.39 is 51.4 Å². The number of ketones is 1. The highest BCUT2D eigenvalue weighted by Crippen LogP contribution is 2.58. The molecule has 0 spiro atoms. The van der Waals surface area contributed by atoms with Crippen LogP contribution in [0.2, 0.25) is 0 Å². The third-order valence-corrected chi connectivity index (χ3v) is 6.45. The number of aryl methyl sites for hydroxylation is 1. The number of hydrogen-bond donors (Lipinski definition) is 1. The van der Waals surface area contributed by atoms with E-state index in [1.165, 1.54) is 19.1 Å². The van der Waals surface area contributed by atoms with Crippen LogP contribution in [0, 0.1) is 12.3 Å². The summed E-state index contributed by atoms with van der Waals surface area (Å²) in [6, 6.07) is 7.49. The van der Waals surface area contributed by atoms with Gasteiger partial charge >= 0.3 is 6.18 Å². The Labute approximate surface area is 189 Å². The summed E-state index contributed by atoms with van der Waals surface area (Å²) in [5.74, 6) is -2.10. The molecule has 1 atom stereocenters. The number of Topliss-reactive ketones (excluding diaryl/α,β-unsaturated/α-hetero) is 1. The first-order chi connectivity index (χ1) is 15.2. The molecule has 6 nitrogen and oxygen atoms in total. The summed E-state index contributed by atoms with van der Waals surface area (Å²) in [5, 5.41) is 2.69. The smallest absolute Gasteiger partial charge is 0.299 e. The zero-order valence-corrected chi connectivity index (χ0v) is 19.1. The van der Waals surface area contributed by atoms with Gasteiger partial charge in [0.15, 0.2) is 5.78 Å². The number of halogens is 3. The van der Waals surface area contributed by atoms with Gasteiger partial charge in [-0.3, -0.25) is 29.1 Å². The van der Waals surface area contributed by atoms with Crippen molar-refractivity contribution in [2.45, 2.75) is 65.1 Å². The lowest BCUT2D eigenvalue weighted by Gasteiger charge is -2.35. The standard InChI is InChI=1S/C24H26F3N3O3/c1-13(2)30-20(32)18(14(3)28-30)23(24(25,26)27)19-16(11-22(4,5)12-17(19)31)29(21(23)33)15-9-7-6-8-10-15/h6-10,13,28H,11-12H2,1-5H3. The van der Waals surface area contributed by atoms with Crippen LogP contribution in [0.3, 0.4) is 0 Å². The summed E-state index contributed by atoms with van der Waals surface area (Å²) in [6.07, 6.45) is -5.28. The average molecular weight is 461 g/mol. The fraction of sp³-hybridized carbons (Fsp3) is 0.458. The van der Waals surface area contributed by atoms with E-state index in [1.807, 2.05) is 0 Å². The molecule has 1 amide bonds. The van der Waals surface area contributed by atoms with Crippen molar-refractivity contribution in [3.63, 3.8) is 0 Å². The molecule has 1 aromatic carbocycles. The lowest BCUT2D eigenvalue weighted by atomic mass is 9.66. The van der Waals surface area contributed by atoms with Gasteiger partial charge in [0.25, 0.3) is 11.5 Å². The summed E-state index contributed by atoms with van der Waals surface area (Å²) in [7, 11) is 0. The van der Waals surface area contributed by atoms with Gasteiger partial charge in [0.05, 0.1) is 5.56 Å². The molecule has 1 aliphatic carbocycles. The maximum atomic E-state index is 15.2. The van der Waals surface area contributed by atoms with Crippen LogP contribution in [0.5, 0.6) is 0 Å². The molecule has 0 bridgehead atoms. The van der Waals surface area contributed by atoms with Gasteiger partial charge in [-0.25, -0.2) is 0 Å². The molecule has 33 heavy (non-hydrogen) atoms. The quantitative estimate of drug-likeness (QED) is 0.729. The van der Waals surface area contributed by atoms with E-state index >= 15 is 13.2 Å². The zero-order chi connectivity index (χ0) is 24.5. The minimum Gasteiger partial charge on any atom is -0.299 e. The van der Waals surface area contributed by atoms with Crippen LogP contribution in [0.1, 0.15) is 57.8 Å². The second-order valence-corrected chi connectivity index (χ2v) is 9.87. The minimum atomic E-state index is -5.22. The van der Waals surface area contributed by atoms with Crippen LogP contribution in [-0.4, -0.2) is 27.6 Å². The van der Waals surface area contributed by atoms with Crippen LogP contribution in [0.4, 0.5) is 18.9 Å².